The Kier molecular flexibility index (Phi) is 3.97. The summed E-state index contributed by atoms with van der Waals surface area (Å²) in [5.74, 6) is -0.0657. The van der Waals surface area contributed by atoms with Gasteiger partial charge in [0.25, 0.3) is 0 Å². The first-order chi connectivity index (χ1) is 10.7. The minimum Gasteiger partial charge on any atom is -0.402 e. The van der Waals surface area contributed by atoms with Crippen LogP contribution in [0.15, 0.2) is 83.0 Å². The maximum absolute atomic E-state index is 11.9. The second-order valence-corrected chi connectivity index (χ2v) is 5.00. The number of ether oxygens (including phenoxy) is 1. The molecule has 0 spiro atoms. The van der Waals surface area contributed by atoms with Crippen molar-refractivity contribution in [3.8, 4) is 0 Å². The monoisotopic (exact) mass is 289 g/mol. The van der Waals surface area contributed by atoms with Crippen molar-refractivity contribution in [1.82, 2.24) is 0 Å². The van der Waals surface area contributed by atoms with Gasteiger partial charge < -0.3 is 4.74 Å². The molecule has 1 heterocycles. The second-order valence-electron chi connectivity index (χ2n) is 5.00. The number of hydrogen-bond acceptors (Lipinski definition) is 3. The molecule has 0 aromatic heterocycles. The summed E-state index contributed by atoms with van der Waals surface area (Å²) >= 11 is 0. The number of aliphatic imine (C=N–C) groups is 1. The molecule has 2 aromatic rings. The first-order valence-corrected chi connectivity index (χ1v) is 7.04. The van der Waals surface area contributed by atoms with Crippen LogP contribution in [0.4, 0.5) is 0 Å². The number of cyclic esters (lactones) is 1. The molecular formula is C19H15NO2. The average molecular weight is 289 g/mol. The van der Waals surface area contributed by atoms with E-state index in [0.717, 1.165) is 16.7 Å². The van der Waals surface area contributed by atoms with Crippen LogP contribution in [0.5, 0.6) is 0 Å². The lowest BCUT2D eigenvalue weighted by Crippen LogP contribution is -2.05. The molecule has 1 aliphatic heterocycles. The fraction of sp³-hybridized carbons (Fsp3) is 0.0526. The van der Waals surface area contributed by atoms with E-state index in [2.05, 4.69) is 4.99 Å². The molecule has 0 saturated carbocycles. The van der Waals surface area contributed by atoms with Gasteiger partial charge in [-0.2, -0.15) is 0 Å². The first kappa shape index (κ1) is 14.0. The fourth-order valence-corrected chi connectivity index (χ4v) is 2.18. The van der Waals surface area contributed by atoms with Gasteiger partial charge in [-0.25, -0.2) is 9.79 Å². The van der Waals surface area contributed by atoms with E-state index in [9.17, 15) is 4.79 Å². The highest BCUT2D eigenvalue weighted by atomic mass is 16.6. The van der Waals surface area contributed by atoms with Gasteiger partial charge in [0.1, 0.15) is 0 Å². The Morgan fingerprint density at radius 3 is 2.32 bits per heavy atom. The Bertz CT molecular complexity index is 772. The van der Waals surface area contributed by atoms with Gasteiger partial charge in [-0.1, -0.05) is 54.6 Å². The number of carbonyl (C=O) groups excluding carboxylic acids is 1. The van der Waals surface area contributed by atoms with Crippen molar-refractivity contribution in [2.75, 3.05) is 0 Å². The molecule has 108 valence electrons. The van der Waals surface area contributed by atoms with E-state index in [4.69, 9.17) is 4.74 Å². The lowest BCUT2D eigenvalue weighted by molar-refractivity contribution is -0.130. The third-order valence-electron chi connectivity index (χ3n) is 3.20. The normalized spacial score (nSPS) is 16.6. The summed E-state index contributed by atoms with van der Waals surface area (Å²) in [5, 5.41) is 0. The number of benzene rings is 2. The summed E-state index contributed by atoms with van der Waals surface area (Å²) in [6.07, 6.45) is 3.74. The Labute approximate surface area is 129 Å². The molecular weight excluding hydrogens is 274 g/mol. The zero-order valence-corrected chi connectivity index (χ0v) is 12.2. The Morgan fingerprint density at radius 1 is 1.00 bits per heavy atom. The number of esters is 1. The summed E-state index contributed by atoms with van der Waals surface area (Å²) in [6.45, 7) is 1.93. The van der Waals surface area contributed by atoms with Crippen molar-refractivity contribution < 1.29 is 9.53 Å². The number of hydrogen-bond donors (Lipinski definition) is 0. The van der Waals surface area contributed by atoms with E-state index < -0.39 is 5.97 Å². The number of allylic oxidation sites excluding steroid dienone is 2. The van der Waals surface area contributed by atoms with Gasteiger partial charge in [0, 0.05) is 5.56 Å². The van der Waals surface area contributed by atoms with Gasteiger partial charge in [0.05, 0.1) is 0 Å². The molecule has 22 heavy (non-hydrogen) atoms. The summed E-state index contributed by atoms with van der Waals surface area (Å²) in [7, 11) is 0. The van der Waals surface area contributed by atoms with E-state index >= 15 is 0 Å². The van der Waals surface area contributed by atoms with Crippen molar-refractivity contribution in [3.63, 3.8) is 0 Å². The number of nitrogens with zero attached hydrogens (tertiary/aromatic N) is 1. The Morgan fingerprint density at radius 2 is 1.64 bits per heavy atom. The summed E-state index contributed by atoms with van der Waals surface area (Å²) in [6, 6.07) is 19.3. The van der Waals surface area contributed by atoms with Gasteiger partial charge in [0.2, 0.25) is 5.90 Å². The van der Waals surface area contributed by atoms with E-state index in [1.54, 1.807) is 6.08 Å². The van der Waals surface area contributed by atoms with Crippen LogP contribution in [0.2, 0.25) is 0 Å². The minimum atomic E-state index is -0.417. The zero-order valence-electron chi connectivity index (χ0n) is 12.2. The molecule has 0 radical (unpaired) electrons. The van der Waals surface area contributed by atoms with Crippen LogP contribution in [0, 0.1) is 0 Å². The topological polar surface area (TPSA) is 38.7 Å². The molecule has 0 saturated heterocycles. The predicted octanol–water partition coefficient (Wildman–Crippen LogP) is 3.98. The Hall–Kier alpha value is -2.94. The summed E-state index contributed by atoms with van der Waals surface area (Å²) in [5.41, 5.74) is 3.14. The quantitative estimate of drug-likeness (QED) is 0.633. The molecule has 1 aliphatic rings. The Balaban J connectivity index is 1.86. The summed E-state index contributed by atoms with van der Waals surface area (Å²) in [4.78, 5) is 16.2. The second kappa shape index (κ2) is 6.22. The molecule has 3 nitrogen and oxygen atoms in total. The van der Waals surface area contributed by atoms with Crippen molar-refractivity contribution in [2.45, 2.75) is 6.92 Å². The first-order valence-electron chi connectivity index (χ1n) is 7.04. The molecule has 0 fully saturated rings. The van der Waals surface area contributed by atoms with Gasteiger partial charge in [-0.05, 0) is 36.3 Å². The SMILES string of the molecule is CC(/C=C1\N=C(c2ccccc2)OC1=O)=C\c1ccccc1. The third-order valence-corrected chi connectivity index (χ3v) is 3.20. The minimum absolute atomic E-state index is 0.323. The smallest absolute Gasteiger partial charge is 0.363 e. The molecule has 0 atom stereocenters. The van der Waals surface area contributed by atoms with Gasteiger partial charge in [-0.15, -0.1) is 0 Å². The largest absolute Gasteiger partial charge is 0.402 e. The fourth-order valence-electron chi connectivity index (χ4n) is 2.18. The maximum atomic E-state index is 11.9. The predicted molar refractivity (Wildman–Crippen MR) is 87.2 cm³/mol. The van der Waals surface area contributed by atoms with Crippen molar-refractivity contribution in [3.05, 3.63) is 89.1 Å². The zero-order chi connectivity index (χ0) is 15.4. The van der Waals surface area contributed by atoms with Crippen LogP contribution < -0.4 is 0 Å². The van der Waals surface area contributed by atoms with Crippen LogP contribution in [-0.2, 0) is 9.53 Å². The highest BCUT2D eigenvalue weighted by Crippen LogP contribution is 2.18. The van der Waals surface area contributed by atoms with Crippen molar-refractivity contribution >= 4 is 17.9 Å². The lowest BCUT2D eigenvalue weighted by Gasteiger charge is -1.97. The van der Waals surface area contributed by atoms with Crippen LogP contribution in [-0.4, -0.2) is 11.9 Å². The van der Waals surface area contributed by atoms with E-state index in [0.29, 0.717) is 11.6 Å². The van der Waals surface area contributed by atoms with Gasteiger partial charge in [0.15, 0.2) is 5.70 Å². The molecule has 3 rings (SSSR count). The molecule has 0 unspecified atom stereocenters. The molecule has 0 bridgehead atoms. The van der Waals surface area contributed by atoms with Gasteiger partial charge in [-0.3, -0.25) is 0 Å². The highest BCUT2D eigenvalue weighted by Gasteiger charge is 2.23. The summed E-state index contributed by atoms with van der Waals surface area (Å²) < 4.78 is 5.23. The van der Waals surface area contributed by atoms with Gasteiger partial charge >= 0.3 is 5.97 Å². The molecule has 3 heteroatoms. The van der Waals surface area contributed by atoms with Crippen molar-refractivity contribution in [1.29, 1.82) is 0 Å². The standard InChI is InChI=1S/C19H15NO2/c1-14(12-15-8-4-2-5-9-15)13-17-19(21)22-18(20-17)16-10-6-3-7-11-16/h2-13H,1H3/b14-12+,17-13-. The maximum Gasteiger partial charge on any atom is 0.363 e. The molecule has 0 amide bonds. The average Bonchev–Trinajstić information content (AvgIpc) is 2.90. The van der Waals surface area contributed by atoms with Crippen LogP contribution in [0.25, 0.3) is 6.08 Å². The van der Waals surface area contributed by atoms with Crippen LogP contribution in [0.1, 0.15) is 18.1 Å². The molecule has 0 N–H and O–H groups in total. The molecule has 2 aromatic carbocycles. The molecule has 0 aliphatic carbocycles. The van der Waals surface area contributed by atoms with E-state index in [-0.39, 0.29) is 0 Å². The number of carbonyl (C=O) groups is 1. The third kappa shape index (κ3) is 3.20. The highest BCUT2D eigenvalue weighted by molar-refractivity contribution is 6.11. The van der Waals surface area contributed by atoms with Crippen LogP contribution in [0.3, 0.4) is 0 Å². The number of rotatable bonds is 3. The van der Waals surface area contributed by atoms with E-state index in [1.165, 1.54) is 0 Å². The van der Waals surface area contributed by atoms with Crippen LogP contribution >= 0.6 is 0 Å². The van der Waals surface area contributed by atoms with E-state index in [1.807, 2.05) is 73.7 Å². The lowest BCUT2D eigenvalue weighted by atomic mass is 10.1. The van der Waals surface area contributed by atoms with Crippen molar-refractivity contribution in [2.24, 2.45) is 4.99 Å².